The number of benzene rings is 3. The van der Waals surface area contributed by atoms with Crippen LogP contribution < -0.4 is 5.73 Å². The number of rotatable bonds is 10. The van der Waals surface area contributed by atoms with E-state index in [4.69, 9.17) is 17.3 Å². The van der Waals surface area contributed by atoms with E-state index in [1.807, 2.05) is 0 Å². The molecule has 1 atom stereocenters. The van der Waals surface area contributed by atoms with Crippen LogP contribution >= 0.6 is 11.6 Å². The van der Waals surface area contributed by atoms with Crippen molar-refractivity contribution < 1.29 is 28.3 Å². The quantitative estimate of drug-likeness (QED) is 0.364. The summed E-state index contributed by atoms with van der Waals surface area (Å²) in [5.74, 6) is -3.49. The van der Waals surface area contributed by atoms with Gasteiger partial charge in [-0.2, -0.15) is 0 Å². The zero-order chi connectivity index (χ0) is 27.3. The molecule has 0 aliphatic carbocycles. The van der Waals surface area contributed by atoms with Gasteiger partial charge in [-0.15, -0.1) is 0 Å². The molecular weight excluding hydrogens is 502 g/mol. The number of aliphatic carboxylic acids is 1. The molecule has 0 radical (unpaired) electrons. The summed E-state index contributed by atoms with van der Waals surface area (Å²) in [5, 5.41) is 9.98. The van der Waals surface area contributed by atoms with Crippen LogP contribution in [0.25, 0.3) is 11.1 Å². The van der Waals surface area contributed by atoms with Crippen molar-refractivity contribution in [1.29, 1.82) is 0 Å². The Balaban J connectivity index is 1.99. The van der Waals surface area contributed by atoms with Crippen molar-refractivity contribution >= 4 is 29.4 Å². The van der Waals surface area contributed by atoms with Crippen LogP contribution in [-0.2, 0) is 16.0 Å². The molecule has 0 aliphatic heterocycles. The van der Waals surface area contributed by atoms with Gasteiger partial charge in [0, 0.05) is 17.5 Å². The minimum Gasteiger partial charge on any atom is -0.480 e. The molecule has 37 heavy (non-hydrogen) atoms. The Kier molecular flexibility index (Phi) is 8.65. The van der Waals surface area contributed by atoms with Crippen molar-refractivity contribution in [2.24, 2.45) is 5.73 Å². The first-order valence-corrected chi connectivity index (χ1v) is 11.9. The Hall–Kier alpha value is -3.78. The van der Waals surface area contributed by atoms with Crippen LogP contribution in [0.3, 0.4) is 0 Å². The van der Waals surface area contributed by atoms with Gasteiger partial charge in [-0.05, 0) is 79.8 Å². The Labute approximate surface area is 218 Å². The average Bonchev–Trinajstić information content (AvgIpc) is 2.84. The van der Waals surface area contributed by atoms with Gasteiger partial charge in [0.25, 0.3) is 5.91 Å². The molecule has 3 aromatic carbocycles. The Bertz CT molecular complexity index is 1290. The van der Waals surface area contributed by atoms with Gasteiger partial charge in [0.05, 0.1) is 5.02 Å². The number of amides is 2. The van der Waals surface area contributed by atoms with Crippen LogP contribution in [-0.4, -0.2) is 39.4 Å². The van der Waals surface area contributed by atoms with E-state index in [-0.39, 0.29) is 29.8 Å². The lowest BCUT2D eigenvalue weighted by Crippen LogP contribution is -2.57. The van der Waals surface area contributed by atoms with Crippen molar-refractivity contribution in [3.8, 4) is 11.1 Å². The highest BCUT2D eigenvalue weighted by molar-refractivity contribution is 6.31. The zero-order valence-electron chi connectivity index (χ0n) is 20.4. The maximum atomic E-state index is 13.8. The molecule has 0 fully saturated rings. The summed E-state index contributed by atoms with van der Waals surface area (Å²) < 4.78 is 27.0. The highest BCUT2D eigenvalue weighted by Gasteiger charge is 2.40. The molecule has 194 valence electrons. The summed E-state index contributed by atoms with van der Waals surface area (Å²) in [4.78, 5) is 38.8. The van der Waals surface area contributed by atoms with Gasteiger partial charge in [0.15, 0.2) is 0 Å². The van der Waals surface area contributed by atoms with Gasteiger partial charge in [-0.25, -0.2) is 13.6 Å². The molecule has 0 aromatic heterocycles. The molecule has 0 spiro atoms. The normalized spacial score (nSPS) is 12.1. The topological polar surface area (TPSA) is 101 Å². The Morgan fingerprint density at radius 2 is 1.57 bits per heavy atom. The monoisotopic (exact) mass is 528 g/mol. The fourth-order valence-corrected chi connectivity index (χ4v) is 4.47. The van der Waals surface area contributed by atoms with Gasteiger partial charge in [-0.3, -0.25) is 9.59 Å². The van der Waals surface area contributed by atoms with Gasteiger partial charge >= 0.3 is 5.97 Å². The number of carbonyl (C=O) groups is 3. The summed E-state index contributed by atoms with van der Waals surface area (Å²) in [7, 11) is 0. The van der Waals surface area contributed by atoms with E-state index in [2.05, 4.69) is 0 Å². The van der Waals surface area contributed by atoms with Crippen LogP contribution in [0.15, 0.2) is 66.7 Å². The number of nitrogens with two attached hydrogens (primary N) is 1. The summed E-state index contributed by atoms with van der Waals surface area (Å²) >= 11 is 5.88. The molecule has 0 unspecified atom stereocenters. The van der Waals surface area contributed by atoms with Crippen molar-refractivity contribution in [2.45, 2.75) is 44.7 Å². The highest BCUT2D eigenvalue weighted by Crippen LogP contribution is 2.30. The number of carboxylic acid groups (broad SMARTS) is 1. The van der Waals surface area contributed by atoms with E-state index in [1.54, 1.807) is 56.3 Å². The van der Waals surface area contributed by atoms with Crippen LogP contribution in [0.4, 0.5) is 8.78 Å². The van der Waals surface area contributed by atoms with Crippen molar-refractivity contribution in [1.82, 2.24) is 4.90 Å². The number of hydrogen-bond donors (Lipinski definition) is 2. The van der Waals surface area contributed by atoms with Crippen LogP contribution in [0.2, 0.25) is 5.02 Å². The van der Waals surface area contributed by atoms with Crippen LogP contribution in [0.5, 0.6) is 0 Å². The molecule has 0 bridgehead atoms. The van der Waals surface area contributed by atoms with Gasteiger partial charge in [0.1, 0.15) is 17.7 Å². The van der Waals surface area contributed by atoms with E-state index in [0.717, 1.165) is 0 Å². The second-order valence-electron chi connectivity index (χ2n) is 9.36. The molecule has 0 saturated heterocycles. The van der Waals surface area contributed by atoms with Gasteiger partial charge < -0.3 is 15.7 Å². The van der Waals surface area contributed by atoms with E-state index >= 15 is 0 Å². The fourth-order valence-electron chi connectivity index (χ4n) is 4.29. The van der Waals surface area contributed by atoms with Crippen molar-refractivity contribution in [2.75, 3.05) is 0 Å². The number of carboxylic acids is 1. The molecule has 6 nitrogen and oxygen atoms in total. The maximum absolute atomic E-state index is 13.8. The highest BCUT2D eigenvalue weighted by atomic mass is 35.5. The molecule has 0 aliphatic rings. The third-order valence-corrected chi connectivity index (χ3v) is 6.36. The van der Waals surface area contributed by atoms with Crippen LogP contribution in [0.1, 0.15) is 42.6 Å². The smallest absolute Gasteiger partial charge is 0.326 e. The molecule has 0 saturated carbocycles. The Morgan fingerprint density at radius 3 is 2.11 bits per heavy atom. The van der Waals surface area contributed by atoms with E-state index in [9.17, 15) is 28.3 Å². The molecule has 9 heteroatoms. The lowest BCUT2D eigenvalue weighted by Gasteiger charge is -2.42. The second kappa shape index (κ2) is 11.5. The summed E-state index contributed by atoms with van der Waals surface area (Å²) in [6.45, 7) is 3.42. The minimum absolute atomic E-state index is 0.0369. The summed E-state index contributed by atoms with van der Waals surface area (Å²) in [5.41, 5.74) is 6.46. The third kappa shape index (κ3) is 6.92. The standard InChI is InChI=1S/C28H27ClF2N2O4/c1-28(2,16-17-3-10-21(30)11-4-17)33(24(27(36)37)13-14-25(32)34)26(35)19-7-5-18(6-8-19)20-9-12-23(31)22(29)15-20/h3-12,15,24H,13-14,16H2,1-2H3,(H2,32,34)(H,36,37)/t24-/m0/s1. The van der Waals surface area contributed by atoms with E-state index < -0.39 is 41.0 Å². The predicted octanol–water partition coefficient (Wildman–Crippen LogP) is 5.47. The van der Waals surface area contributed by atoms with Gasteiger partial charge in [-0.1, -0.05) is 41.9 Å². The molecular formula is C28H27ClF2N2O4. The van der Waals surface area contributed by atoms with Crippen LogP contribution in [0, 0.1) is 11.6 Å². The van der Waals surface area contributed by atoms with Crippen molar-refractivity contribution in [3.63, 3.8) is 0 Å². The summed E-state index contributed by atoms with van der Waals surface area (Å²) in [6, 6.07) is 15.0. The molecule has 3 N–H and O–H groups in total. The van der Waals surface area contributed by atoms with Crippen molar-refractivity contribution in [3.05, 3.63) is 94.5 Å². The zero-order valence-corrected chi connectivity index (χ0v) is 21.1. The first kappa shape index (κ1) is 27.8. The molecule has 2 amide bonds. The second-order valence-corrected chi connectivity index (χ2v) is 9.76. The number of nitrogens with zero attached hydrogens (tertiary/aromatic N) is 1. The lowest BCUT2D eigenvalue weighted by molar-refractivity contribution is -0.144. The largest absolute Gasteiger partial charge is 0.480 e. The van der Waals surface area contributed by atoms with Gasteiger partial charge in [0.2, 0.25) is 5.91 Å². The first-order valence-electron chi connectivity index (χ1n) is 11.5. The summed E-state index contributed by atoms with van der Waals surface area (Å²) in [6.07, 6.45) is -0.168. The number of primary amides is 1. The first-order chi connectivity index (χ1) is 17.4. The Morgan fingerprint density at radius 1 is 0.973 bits per heavy atom. The predicted molar refractivity (Wildman–Crippen MR) is 137 cm³/mol. The lowest BCUT2D eigenvalue weighted by atomic mass is 9.89. The minimum atomic E-state index is -1.34. The number of carbonyl (C=O) groups excluding carboxylic acids is 2. The molecule has 3 rings (SSSR count). The third-order valence-electron chi connectivity index (χ3n) is 6.07. The molecule has 3 aromatic rings. The SMILES string of the molecule is CC(C)(Cc1ccc(F)cc1)N(C(=O)c1ccc(-c2ccc(F)c(Cl)c2)cc1)[C@@H](CCC(N)=O)C(=O)O. The number of halogens is 3. The average molecular weight is 529 g/mol. The molecule has 0 heterocycles. The van der Waals surface area contributed by atoms with E-state index in [0.29, 0.717) is 16.7 Å². The fraction of sp³-hybridized carbons (Fsp3) is 0.250. The maximum Gasteiger partial charge on any atom is 0.326 e. The van der Waals surface area contributed by atoms with E-state index in [1.165, 1.54) is 29.2 Å². The number of hydrogen-bond acceptors (Lipinski definition) is 3.